The first-order valence-electron chi connectivity index (χ1n) is 8.70. The smallest absolute Gasteiger partial charge is 0.161 e. The van der Waals surface area contributed by atoms with Crippen molar-refractivity contribution in [2.24, 2.45) is 0 Å². The van der Waals surface area contributed by atoms with E-state index in [0.29, 0.717) is 18.8 Å². The van der Waals surface area contributed by atoms with Gasteiger partial charge < -0.3 is 14.8 Å². The number of nitrogens with zero attached hydrogens (tertiary/aromatic N) is 2. The lowest BCUT2D eigenvalue weighted by Crippen LogP contribution is -2.09. The molecule has 2 rings (SSSR count). The molecule has 0 aliphatic heterocycles. The van der Waals surface area contributed by atoms with E-state index in [-0.39, 0.29) is 6.04 Å². The molecule has 0 unspecified atom stereocenters. The minimum absolute atomic E-state index is 0.0460. The average molecular weight is 339 g/mol. The van der Waals surface area contributed by atoms with Crippen molar-refractivity contribution >= 4 is 5.82 Å². The fourth-order valence-electron chi connectivity index (χ4n) is 2.30. The van der Waals surface area contributed by atoms with Gasteiger partial charge in [-0.3, -0.25) is 0 Å². The summed E-state index contributed by atoms with van der Waals surface area (Å²) in [5.74, 6) is 2.28. The molecule has 2 aromatic rings. The normalized spacial score (nSPS) is 11.4. The van der Waals surface area contributed by atoms with Crippen molar-refractivity contribution in [3.05, 3.63) is 47.7 Å². The van der Waals surface area contributed by atoms with Gasteiger partial charge in [0.05, 0.1) is 24.8 Å². The Morgan fingerprint density at radius 3 is 2.40 bits per heavy atom. The van der Waals surface area contributed by atoms with Gasteiger partial charge in [0.1, 0.15) is 11.9 Å². The van der Waals surface area contributed by atoms with Crippen molar-refractivity contribution in [2.75, 3.05) is 18.5 Å². The third-order valence-corrected chi connectivity index (χ3v) is 3.65. The van der Waals surface area contributed by atoms with Gasteiger partial charge in [-0.2, -0.15) is 5.26 Å². The Kier molecular flexibility index (Phi) is 7.09. The van der Waals surface area contributed by atoms with Crippen LogP contribution in [0, 0.1) is 11.3 Å². The zero-order valence-electron chi connectivity index (χ0n) is 15.1. The molecule has 1 aromatic heterocycles. The van der Waals surface area contributed by atoms with Crippen LogP contribution in [0.1, 0.15) is 50.8 Å². The van der Waals surface area contributed by atoms with Crippen LogP contribution in [-0.4, -0.2) is 18.2 Å². The van der Waals surface area contributed by atoms with Gasteiger partial charge in [-0.15, -0.1) is 0 Å². The van der Waals surface area contributed by atoms with E-state index in [0.717, 1.165) is 35.7 Å². The van der Waals surface area contributed by atoms with E-state index >= 15 is 0 Å². The molecule has 1 N–H and O–H groups in total. The molecule has 1 aromatic carbocycles. The number of nitriles is 1. The van der Waals surface area contributed by atoms with E-state index in [1.807, 2.05) is 24.3 Å². The molecule has 1 heterocycles. The molecule has 0 spiro atoms. The van der Waals surface area contributed by atoms with Crippen LogP contribution in [0.5, 0.6) is 11.5 Å². The lowest BCUT2D eigenvalue weighted by atomic mass is 10.1. The van der Waals surface area contributed by atoms with Crippen LogP contribution < -0.4 is 14.8 Å². The monoisotopic (exact) mass is 339 g/mol. The number of ether oxygens (including phenoxy) is 2. The number of aromatic nitrogens is 1. The lowest BCUT2D eigenvalue weighted by molar-refractivity contribution is 0.268. The van der Waals surface area contributed by atoms with Crippen molar-refractivity contribution < 1.29 is 9.47 Å². The predicted molar refractivity (Wildman–Crippen MR) is 99.0 cm³/mol. The van der Waals surface area contributed by atoms with E-state index in [1.165, 1.54) is 0 Å². The highest BCUT2D eigenvalue weighted by atomic mass is 16.5. The van der Waals surface area contributed by atoms with Gasteiger partial charge in [-0.1, -0.05) is 19.9 Å². The predicted octanol–water partition coefficient (Wildman–Crippen LogP) is 4.70. The first-order chi connectivity index (χ1) is 12.2. The van der Waals surface area contributed by atoms with Gasteiger partial charge in [-0.25, -0.2) is 4.98 Å². The maximum absolute atomic E-state index is 8.84. The molecule has 132 valence electrons. The lowest BCUT2D eigenvalue weighted by Gasteiger charge is -2.18. The summed E-state index contributed by atoms with van der Waals surface area (Å²) in [7, 11) is 0. The minimum atomic E-state index is 0.0460. The zero-order valence-corrected chi connectivity index (χ0v) is 15.1. The van der Waals surface area contributed by atoms with Gasteiger partial charge in [-0.05, 0) is 49.6 Å². The third-order valence-electron chi connectivity index (χ3n) is 3.65. The Labute approximate surface area is 149 Å². The Balaban J connectivity index is 2.14. The van der Waals surface area contributed by atoms with E-state index < -0.39 is 0 Å². The average Bonchev–Trinajstić information content (AvgIpc) is 2.65. The number of hydrogen-bond acceptors (Lipinski definition) is 5. The van der Waals surface area contributed by atoms with Crippen LogP contribution in [0.25, 0.3) is 0 Å². The van der Waals surface area contributed by atoms with Crippen LogP contribution in [0.4, 0.5) is 5.82 Å². The number of rotatable bonds is 9. The summed E-state index contributed by atoms with van der Waals surface area (Å²) in [5.41, 5.74) is 1.63. The summed E-state index contributed by atoms with van der Waals surface area (Å²) in [6.07, 6.45) is 3.46. The number of pyridine rings is 1. The molecule has 5 nitrogen and oxygen atoms in total. The Bertz CT molecular complexity index is 708. The first-order valence-corrected chi connectivity index (χ1v) is 8.70. The molecule has 0 radical (unpaired) electrons. The van der Waals surface area contributed by atoms with Crippen LogP contribution in [-0.2, 0) is 0 Å². The summed E-state index contributed by atoms with van der Waals surface area (Å²) in [6, 6.07) is 11.7. The maximum atomic E-state index is 8.84. The van der Waals surface area contributed by atoms with E-state index in [1.54, 1.807) is 12.3 Å². The van der Waals surface area contributed by atoms with Crippen molar-refractivity contribution in [3.8, 4) is 17.6 Å². The first kappa shape index (κ1) is 18.6. The summed E-state index contributed by atoms with van der Waals surface area (Å²) in [5, 5.41) is 12.2. The number of benzene rings is 1. The van der Waals surface area contributed by atoms with Crippen molar-refractivity contribution in [2.45, 2.75) is 39.7 Å². The second kappa shape index (κ2) is 9.53. The molecule has 0 aliphatic rings. The summed E-state index contributed by atoms with van der Waals surface area (Å²) in [6.45, 7) is 7.55. The molecule has 0 amide bonds. The van der Waals surface area contributed by atoms with E-state index in [2.05, 4.69) is 37.1 Å². The SMILES string of the molecule is CCCOc1ccc([C@@H](C)Nc2ccc(C#N)cn2)cc1OCCC. The van der Waals surface area contributed by atoms with Gasteiger partial charge in [0.15, 0.2) is 11.5 Å². The van der Waals surface area contributed by atoms with Crippen molar-refractivity contribution in [1.82, 2.24) is 4.98 Å². The van der Waals surface area contributed by atoms with Gasteiger partial charge in [0.25, 0.3) is 0 Å². The van der Waals surface area contributed by atoms with Crippen LogP contribution in [0.15, 0.2) is 36.5 Å². The molecule has 0 saturated carbocycles. The number of anilines is 1. The summed E-state index contributed by atoms with van der Waals surface area (Å²) < 4.78 is 11.6. The quantitative estimate of drug-likeness (QED) is 0.717. The zero-order chi connectivity index (χ0) is 18.1. The van der Waals surface area contributed by atoms with Gasteiger partial charge in [0, 0.05) is 6.20 Å². The second-order valence-electron chi connectivity index (χ2n) is 5.81. The standard InChI is InChI=1S/C20H25N3O2/c1-4-10-24-18-8-7-17(12-19(18)25-11-5-2)15(3)23-20-9-6-16(13-21)14-22-20/h6-9,12,14-15H,4-5,10-11H2,1-3H3,(H,22,23)/t15-/m1/s1. The number of hydrogen-bond donors (Lipinski definition) is 1. The fraction of sp³-hybridized carbons (Fsp3) is 0.400. The molecule has 5 heteroatoms. The van der Waals surface area contributed by atoms with E-state index in [9.17, 15) is 0 Å². The third kappa shape index (κ3) is 5.39. The minimum Gasteiger partial charge on any atom is -0.490 e. The van der Waals surface area contributed by atoms with Crippen LogP contribution >= 0.6 is 0 Å². The van der Waals surface area contributed by atoms with Gasteiger partial charge >= 0.3 is 0 Å². The molecular weight excluding hydrogens is 314 g/mol. The highest BCUT2D eigenvalue weighted by molar-refractivity contribution is 5.47. The molecule has 1 atom stereocenters. The van der Waals surface area contributed by atoms with Crippen molar-refractivity contribution in [1.29, 1.82) is 5.26 Å². The molecule has 0 fully saturated rings. The topological polar surface area (TPSA) is 67.2 Å². The Hall–Kier alpha value is -2.74. The fourth-order valence-corrected chi connectivity index (χ4v) is 2.30. The summed E-state index contributed by atoms with van der Waals surface area (Å²) >= 11 is 0. The molecular formula is C20H25N3O2. The second-order valence-corrected chi connectivity index (χ2v) is 5.81. The Morgan fingerprint density at radius 1 is 1.08 bits per heavy atom. The maximum Gasteiger partial charge on any atom is 0.161 e. The largest absolute Gasteiger partial charge is 0.490 e. The van der Waals surface area contributed by atoms with E-state index in [4.69, 9.17) is 14.7 Å². The molecule has 25 heavy (non-hydrogen) atoms. The van der Waals surface area contributed by atoms with Crippen LogP contribution in [0.3, 0.4) is 0 Å². The van der Waals surface area contributed by atoms with Crippen molar-refractivity contribution in [3.63, 3.8) is 0 Å². The van der Waals surface area contributed by atoms with Crippen LogP contribution in [0.2, 0.25) is 0 Å². The molecule has 0 saturated heterocycles. The molecule has 0 bridgehead atoms. The highest BCUT2D eigenvalue weighted by Crippen LogP contribution is 2.31. The Morgan fingerprint density at radius 2 is 1.80 bits per heavy atom. The number of nitrogens with one attached hydrogen (secondary N) is 1. The summed E-state index contributed by atoms with van der Waals surface area (Å²) in [4.78, 5) is 4.26. The van der Waals surface area contributed by atoms with Gasteiger partial charge in [0.2, 0.25) is 0 Å². The molecule has 0 aliphatic carbocycles. The highest BCUT2D eigenvalue weighted by Gasteiger charge is 2.12.